The Morgan fingerprint density at radius 1 is 1.39 bits per heavy atom. The molecule has 92 valence electrons. The Morgan fingerprint density at radius 3 is 3.00 bits per heavy atom. The lowest BCUT2D eigenvalue weighted by molar-refractivity contribution is -0.137. The van der Waals surface area contributed by atoms with Gasteiger partial charge in [0.05, 0.1) is 12.1 Å². The highest BCUT2D eigenvalue weighted by Gasteiger charge is 2.02. The van der Waals surface area contributed by atoms with Gasteiger partial charge in [-0.3, -0.25) is 4.98 Å². The lowest BCUT2D eigenvalue weighted by Gasteiger charge is -2.04. The van der Waals surface area contributed by atoms with Crippen molar-refractivity contribution in [1.82, 2.24) is 4.98 Å². The molecule has 0 amide bonds. The molecule has 0 saturated carbocycles. The molecule has 0 N–H and O–H groups in total. The average molecular weight is 241 g/mol. The van der Waals surface area contributed by atoms with E-state index in [9.17, 15) is 4.79 Å². The summed E-state index contributed by atoms with van der Waals surface area (Å²) < 4.78 is 4.89. The normalized spacial score (nSPS) is 11.6. The zero-order valence-corrected chi connectivity index (χ0v) is 10.5. The number of carbonyl (C=O) groups excluding carboxylic acids is 1. The topological polar surface area (TPSA) is 39.2 Å². The molecule has 3 nitrogen and oxygen atoms in total. The number of hydrogen-bond acceptors (Lipinski definition) is 3. The monoisotopic (exact) mass is 241 g/mol. The van der Waals surface area contributed by atoms with Crippen molar-refractivity contribution in [3.8, 4) is 0 Å². The van der Waals surface area contributed by atoms with Gasteiger partial charge >= 0.3 is 5.97 Å². The number of pyridine rings is 1. The molecule has 0 spiro atoms. The number of ether oxygens (including phenoxy) is 1. The van der Waals surface area contributed by atoms with Gasteiger partial charge in [-0.15, -0.1) is 0 Å². The number of allylic oxidation sites excluding steroid dienone is 1. The van der Waals surface area contributed by atoms with Crippen LogP contribution in [0, 0.1) is 0 Å². The van der Waals surface area contributed by atoms with Crippen LogP contribution in [0.3, 0.4) is 0 Å². The summed E-state index contributed by atoms with van der Waals surface area (Å²) in [5.41, 5.74) is 2.84. The first kappa shape index (κ1) is 12.3. The van der Waals surface area contributed by atoms with Crippen molar-refractivity contribution >= 4 is 22.4 Å². The summed E-state index contributed by atoms with van der Waals surface area (Å²) in [6.07, 6.45) is 3.28. The molecule has 0 fully saturated rings. The number of benzene rings is 1. The van der Waals surface area contributed by atoms with Crippen LogP contribution in [0.15, 0.2) is 42.6 Å². The Morgan fingerprint density at radius 2 is 2.22 bits per heavy atom. The van der Waals surface area contributed by atoms with Crippen molar-refractivity contribution in [2.75, 3.05) is 6.61 Å². The van der Waals surface area contributed by atoms with Gasteiger partial charge in [-0.05, 0) is 43.2 Å². The molecule has 1 heterocycles. The minimum atomic E-state index is -0.304. The number of esters is 1. The van der Waals surface area contributed by atoms with Crippen molar-refractivity contribution in [1.29, 1.82) is 0 Å². The average Bonchev–Trinajstić information content (AvgIpc) is 2.38. The lowest BCUT2D eigenvalue weighted by atomic mass is 10.0. The fourth-order valence-electron chi connectivity index (χ4n) is 1.76. The van der Waals surface area contributed by atoms with E-state index in [1.54, 1.807) is 13.1 Å². The molecule has 0 aliphatic carbocycles. The molecule has 2 aromatic rings. The van der Waals surface area contributed by atoms with Gasteiger partial charge in [-0.1, -0.05) is 12.1 Å². The van der Waals surface area contributed by atoms with Crippen LogP contribution >= 0.6 is 0 Å². The van der Waals surface area contributed by atoms with Gasteiger partial charge in [0.15, 0.2) is 0 Å². The molecule has 0 aliphatic heterocycles. The highest BCUT2D eigenvalue weighted by atomic mass is 16.5. The zero-order valence-electron chi connectivity index (χ0n) is 10.5. The van der Waals surface area contributed by atoms with Crippen LogP contribution in [-0.4, -0.2) is 17.6 Å². The fourth-order valence-corrected chi connectivity index (χ4v) is 1.76. The summed E-state index contributed by atoms with van der Waals surface area (Å²) in [6, 6.07) is 9.83. The summed E-state index contributed by atoms with van der Waals surface area (Å²) in [5.74, 6) is -0.304. The molecule has 0 radical (unpaired) electrons. The Hall–Kier alpha value is -2.16. The quantitative estimate of drug-likeness (QED) is 0.612. The SMILES string of the molecule is CCOC(=O)/C=C(/C)c1ccc2ncccc2c1. The second-order valence-electron chi connectivity index (χ2n) is 3.99. The molecule has 1 aromatic carbocycles. The number of hydrogen-bond donors (Lipinski definition) is 0. The molecular formula is C15H15NO2. The first-order valence-electron chi connectivity index (χ1n) is 5.91. The van der Waals surface area contributed by atoms with Gasteiger partial charge in [0.1, 0.15) is 0 Å². The van der Waals surface area contributed by atoms with Gasteiger partial charge in [-0.2, -0.15) is 0 Å². The van der Waals surface area contributed by atoms with E-state index in [1.165, 1.54) is 6.08 Å². The molecule has 1 aromatic heterocycles. The highest BCUT2D eigenvalue weighted by Crippen LogP contribution is 2.19. The molecule has 3 heteroatoms. The van der Waals surface area contributed by atoms with E-state index in [4.69, 9.17) is 4.74 Å². The highest BCUT2D eigenvalue weighted by molar-refractivity contribution is 5.92. The van der Waals surface area contributed by atoms with Crippen molar-refractivity contribution in [3.63, 3.8) is 0 Å². The fraction of sp³-hybridized carbons (Fsp3) is 0.200. The van der Waals surface area contributed by atoms with E-state index in [0.717, 1.165) is 22.0 Å². The predicted octanol–water partition coefficient (Wildman–Crippen LogP) is 3.20. The minimum absolute atomic E-state index is 0.304. The lowest BCUT2D eigenvalue weighted by Crippen LogP contribution is -2.00. The van der Waals surface area contributed by atoms with Gasteiger partial charge < -0.3 is 4.74 Å². The third kappa shape index (κ3) is 2.74. The number of fused-ring (bicyclic) bond motifs is 1. The predicted molar refractivity (Wildman–Crippen MR) is 72.0 cm³/mol. The van der Waals surface area contributed by atoms with Crippen LogP contribution in [0.2, 0.25) is 0 Å². The van der Waals surface area contributed by atoms with Crippen LogP contribution in [-0.2, 0) is 9.53 Å². The Kier molecular flexibility index (Phi) is 3.72. The van der Waals surface area contributed by atoms with Crippen LogP contribution in [0.25, 0.3) is 16.5 Å². The smallest absolute Gasteiger partial charge is 0.331 e. The van der Waals surface area contributed by atoms with Crippen molar-refractivity contribution in [3.05, 3.63) is 48.2 Å². The number of rotatable bonds is 3. The van der Waals surface area contributed by atoms with E-state index < -0.39 is 0 Å². The maximum absolute atomic E-state index is 11.4. The molecule has 0 aliphatic rings. The molecule has 18 heavy (non-hydrogen) atoms. The van der Waals surface area contributed by atoms with E-state index in [-0.39, 0.29) is 5.97 Å². The molecule has 0 unspecified atom stereocenters. The Labute approximate surface area is 106 Å². The van der Waals surface area contributed by atoms with Gasteiger partial charge in [-0.25, -0.2) is 4.79 Å². The summed E-state index contributed by atoms with van der Waals surface area (Å²) in [6.45, 7) is 4.08. The largest absolute Gasteiger partial charge is 0.463 e. The maximum Gasteiger partial charge on any atom is 0.331 e. The zero-order chi connectivity index (χ0) is 13.0. The first-order chi connectivity index (χ1) is 8.70. The third-order valence-corrected chi connectivity index (χ3v) is 2.68. The Balaban J connectivity index is 2.33. The van der Waals surface area contributed by atoms with Crippen LogP contribution in [0.5, 0.6) is 0 Å². The molecule has 0 atom stereocenters. The maximum atomic E-state index is 11.4. The van der Waals surface area contributed by atoms with Gasteiger partial charge in [0.2, 0.25) is 0 Å². The van der Waals surface area contributed by atoms with Crippen molar-refractivity contribution in [2.45, 2.75) is 13.8 Å². The minimum Gasteiger partial charge on any atom is -0.463 e. The summed E-state index contributed by atoms with van der Waals surface area (Å²) in [4.78, 5) is 15.6. The summed E-state index contributed by atoms with van der Waals surface area (Å²) in [7, 11) is 0. The number of carbonyl (C=O) groups is 1. The van der Waals surface area contributed by atoms with Crippen molar-refractivity contribution in [2.24, 2.45) is 0 Å². The third-order valence-electron chi connectivity index (χ3n) is 2.68. The number of nitrogens with zero attached hydrogens (tertiary/aromatic N) is 1. The number of aromatic nitrogens is 1. The van der Waals surface area contributed by atoms with Gasteiger partial charge in [0, 0.05) is 17.7 Å². The second kappa shape index (κ2) is 5.45. The van der Waals surface area contributed by atoms with E-state index in [0.29, 0.717) is 6.61 Å². The van der Waals surface area contributed by atoms with Gasteiger partial charge in [0.25, 0.3) is 0 Å². The Bertz CT molecular complexity index is 602. The van der Waals surface area contributed by atoms with Crippen LogP contribution in [0.4, 0.5) is 0 Å². The summed E-state index contributed by atoms with van der Waals surface area (Å²) in [5, 5.41) is 1.06. The van der Waals surface area contributed by atoms with Crippen molar-refractivity contribution < 1.29 is 9.53 Å². The van der Waals surface area contributed by atoms with E-state index in [2.05, 4.69) is 4.98 Å². The van der Waals surface area contributed by atoms with E-state index in [1.807, 2.05) is 37.3 Å². The van der Waals surface area contributed by atoms with Crippen LogP contribution in [0.1, 0.15) is 19.4 Å². The first-order valence-corrected chi connectivity index (χ1v) is 5.91. The molecular weight excluding hydrogens is 226 g/mol. The van der Waals surface area contributed by atoms with E-state index >= 15 is 0 Å². The molecule has 0 saturated heterocycles. The second-order valence-corrected chi connectivity index (χ2v) is 3.99. The molecule has 0 bridgehead atoms. The molecule has 2 rings (SSSR count). The van der Waals surface area contributed by atoms with Crippen LogP contribution < -0.4 is 0 Å². The summed E-state index contributed by atoms with van der Waals surface area (Å²) >= 11 is 0. The standard InChI is InChI=1S/C15H15NO2/c1-3-18-15(17)9-11(2)12-6-7-14-13(10-12)5-4-8-16-14/h4-10H,3H2,1-2H3/b11-9-.